The summed E-state index contributed by atoms with van der Waals surface area (Å²) in [7, 11) is 1.37. The van der Waals surface area contributed by atoms with Crippen LogP contribution in [0.5, 0.6) is 0 Å². The van der Waals surface area contributed by atoms with E-state index in [0.29, 0.717) is 34.0 Å². The first-order valence-corrected chi connectivity index (χ1v) is 7.99. The summed E-state index contributed by atoms with van der Waals surface area (Å²) < 4.78 is 4.80. The molecule has 0 aliphatic heterocycles. The normalized spacial score (nSPS) is 16.4. The average Bonchev–Trinajstić information content (AvgIpc) is 3.02. The molecule has 3 rings (SSSR count). The first-order valence-electron chi connectivity index (χ1n) is 6.80. The van der Waals surface area contributed by atoms with Crippen LogP contribution < -0.4 is 5.73 Å². The topological polar surface area (TPSA) is 69.4 Å². The number of halogens is 1. The van der Waals surface area contributed by atoms with Crippen molar-refractivity contribution in [2.75, 3.05) is 12.8 Å². The summed E-state index contributed by atoms with van der Waals surface area (Å²) >= 11 is 7.48. The van der Waals surface area contributed by atoms with E-state index in [1.807, 2.05) is 0 Å². The van der Waals surface area contributed by atoms with Crippen LogP contribution in [0.4, 0.5) is 5.00 Å². The Morgan fingerprint density at radius 1 is 1.32 bits per heavy atom. The van der Waals surface area contributed by atoms with Crippen molar-refractivity contribution in [3.63, 3.8) is 0 Å². The minimum absolute atomic E-state index is 0.189. The number of hydrogen-bond donors (Lipinski definition) is 1. The van der Waals surface area contributed by atoms with Crippen molar-refractivity contribution < 1.29 is 14.3 Å². The van der Waals surface area contributed by atoms with Crippen molar-refractivity contribution >= 4 is 39.7 Å². The summed E-state index contributed by atoms with van der Waals surface area (Å²) in [6, 6.07) is 6.89. The number of hydrogen-bond acceptors (Lipinski definition) is 5. The van der Waals surface area contributed by atoms with E-state index < -0.39 is 0 Å². The summed E-state index contributed by atoms with van der Waals surface area (Å²) in [5.41, 5.74) is 7.81. The second kappa shape index (κ2) is 5.74. The van der Waals surface area contributed by atoms with Crippen LogP contribution >= 0.6 is 22.9 Å². The maximum absolute atomic E-state index is 12.8. The Balaban J connectivity index is 1.99. The van der Waals surface area contributed by atoms with Gasteiger partial charge in [-0.1, -0.05) is 23.7 Å². The molecular formula is C16H14ClNO3S. The number of thiophene rings is 1. The number of carbonyl (C=O) groups excluding carboxylic acids is 2. The van der Waals surface area contributed by atoms with Crippen molar-refractivity contribution in [1.29, 1.82) is 0 Å². The van der Waals surface area contributed by atoms with Crippen LogP contribution in [0.1, 0.15) is 26.4 Å². The first kappa shape index (κ1) is 15.1. The fourth-order valence-corrected chi connectivity index (χ4v) is 4.22. The number of nitrogen functional groups attached to an aromatic ring is 1. The van der Waals surface area contributed by atoms with Gasteiger partial charge >= 0.3 is 5.97 Å². The highest BCUT2D eigenvalue weighted by molar-refractivity contribution is 7.16. The Morgan fingerprint density at radius 3 is 2.73 bits per heavy atom. The average molecular weight is 336 g/mol. The van der Waals surface area contributed by atoms with Crippen molar-refractivity contribution in [2.24, 2.45) is 5.92 Å². The maximum Gasteiger partial charge on any atom is 0.309 e. The maximum atomic E-state index is 12.8. The van der Waals surface area contributed by atoms with Gasteiger partial charge in [0.2, 0.25) is 0 Å². The summed E-state index contributed by atoms with van der Waals surface area (Å²) in [6.07, 6.45) is 1.06. The molecule has 1 unspecified atom stereocenters. The van der Waals surface area contributed by atoms with Crippen LogP contribution in [0.3, 0.4) is 0 Å². The van der Waals surface area contributed by atoms with Gasteiger partial charge in [0, 0.05) is 10.4 Å². The van der Waals surface area contributed by atoms with Gasteiger partial charge in [0.1, 0.15) is 0 Å². The van der Waals surface area contributed by atoms with Crippen molar-refractivity contribution in [2.45, 2.75) is 12.8 Å². The molecule has 2 aromatic rings. The molecule has 114 valence electrons. The zero-order valence-corrected chi connectivity index (χ0v) is 13.5. The molecule has 4 nitrogen and oxygen atoms in total. The van der Waals surface area contributed by atoms with Crippen LogP contribution in [0.15, 0.2) is 24.3 Å². The molecule has 0 saturated carbocycles. The fraction of sp³-hybridized carbons (Fsp3) is 0.250. The predicted octanol–water partition coefficient (Wildman–Crippen LogP) is 3.10. The van der Waals surface area contributed by atoms with Gasteiger partial charge in [-0.3, -0.25) is 9.59 Å². The molecule has 1 aliphatic rings. The number of esters is 1. The lowest BCUT2D eigenvalue weighted by Gasteiger charge is -2.08. The van der Waals surface area contributed by atoms with Gasteiger partial charge in [-0.2, -0.15) is 0 Å². The van der Waals surface area contributed by atoms with Crippen molar-refractivity contribution in [1.82, 2.24) is 0 Å². The molecule has 6 heteroatoms. The Bertz CT molecular complexity index is 769. The third kappa shape index (κ3) is 2.40. The zero-order valence-electron chi connectivity index (χ0n) is 11.9. The standard InChI is InChI=1S/C16H14ClNO3S/c1-21-16(20)8-6-10-12(7-8)22-15(18)13(10)14(19)9-4-2-3-5-11(9)17/h2-5,8H,6-7,18H2,1H3. The van der Waals surface area contributed by atoms with Crippen molar-refractivity contribution in [3.8, 4) is 0 Å². The molecule has 0 spiro atoms. The van der Waals surface area contributed by atoms with E-state index in [1.165, 1.54) is 18.4 Å². The number of anilines is 1. The SMILES string of the molecule is COC(=O)C1Cc2sc(N)c(C(=O)c3ccccc3Cl)c2C1. The van der Waals surface area contributed by atoms with Crippen LogP contribution in [-0.4, -0.2) is 18.9 Å². The second-order valence-corrected chi connectivity index (χ2v) is 6.72. The molecule has 0 fully saturated rings. The van der Waals surface area contributed by atoms with E-state index in [4.69, 9.17) is 22.1 Å². The van der Waals surface area contributed by atoms with Crippen LogP contribution in [0.2, 0.25) is 5.02 Å². The van der Waals surface area contributed by atoms with E-state index in [1.54, 1.807) is 24.3 Å². The van der Waals surface area contributed by atoms with Crippen LogP contribution in [0.25, 0.3) is 0 Å². The minimum Gasteiger partial charge on any atom is -0.469 e. The summed E-state index contributed by atoms with van der Waals surface area (Å²) in [6.45, 7) is 0. The van der Waals surface area contributed by atoms with Gasteiger partial charge in [0.25, 0.3) is 0 Å². The quantitative estimate of drug-likeness (QED) is 0.691. The summed E-state index contributed by atoms with van der Waals surface area (Å²) in [4.78, 5) is 25.5. The fourth-order valence-electron chi connectivity index (χ4n) is 2.82. The molecule has 22 heavy (non-hydrogen) atoms. The highest BCUT2D eigenvalue weighted by Crippen LogP contribution is 2.41. The Labute approximate surface area is 136 Å². The molecule has 1 aromatic carbocycles. The lowest BCUT2D eigenvalue weighted by molar-refractivity contribution is -0.145. The van der Waals surface area contributed by atoms with E-state index in [9.17, 15) is 9.59 Å². The smallest absolute Gasteiger partial charge is 0.309 e. The van der Waals surface area contributed by atoms with Gasteiger partial charge in [-0.05, 0) is 30.5 Å². The highest BCUT2D eigenvalue weighted by Gasteiger charge is 2.35. The molecule has 0 saturated heterocycles. The van der Waals surface area contributed by atoms with Crippen LogP contribution in [0, 0.1) is 5.92 Å². The zero-order chi connectivity index (χ0) is 15.9. The number of nitrogens with two attached hydrogens (primary N) is 1. The molecule has 1 aromatic heterocycles. The highest BCUT2D eigenvalue weighted by atomic mass is 35.5. The molecule has 1 atom stereocenters. The molecule has 0 radical (unpaired) electrons. The number of fused-ring (bicyclic) bond motifs is 1. The predicted molar refractivity (Wildman–Crippen MR) is 86.5 cm³/mol. The second-order valence-electron chi connectivity index (χ2n) is 5.18. The minimum atomic E-state index is -0.252. The van der Waals surface area contributed by atoms with Gasteiger partial charge in [-0.25, -0.2) is 0 Å². The van der Waals surface area contributed by atoms with E-state index in [-0.39, 0.29) is 17.7 Å². The Morgan fingerprint density at radius 2 is 2.05 bits per heavy atom. The third-order valence-corrected chi connectivity index (χ3v) is 5.29. The van der Waals surface area contributed by atoms with E-state index in [2.05, 4.69) is 0 Å². The molecular weight excluding hydrogens is 322 g/mol. The van der Waals surface area contributed by atoms with Gasteiger partial charge in [0.05, 0.1) is 28.6 Å². The molecule has 0 bridgehead atoms. The van der Waals surface area contributed by atoms with Crippen molar-refractivity contribution in [3.05, 3.63) is 50.9 Å². The molecule has 0 amide bonds. The van der Waals surface area contributed by atoms with Gasteiger partial charge < -0.3 is 10.5 Å². The molecule has 1 aliphatic carbocycles. The van der Waals surface area contributed by atoms with Gasteiger partial charge in [0.15, 0.2) is 5.78 Å². The molecule has 2 N–H and O–H groups in total. The number of carbonyl (C=O) groups is 2. The number of benzene rings is 1. The number of methoxy groups -OCH3 is 1. The largest absolute Gasteiger partial charge is 0.469 e. The summed E-state index contributed by atoms with van der Waals surface area (Å²) in [5.74, 6) is -0.672. The third-order valence-electron chi connectivity index (χ3n) is 3.88. The number of ketones is 1. The van der Waals surface area contributed by atoms with Crippen LogP contribution in [-0.2, 0) is 22.4 Å². The van der Waals surface area contributed by atoms with E-state index >= 15 is 0 Å². The first-order chi connectivity index (χ1) is 10.5. The number of rotatable bonds is 3. The monoisotopic (exact) mass is 335 g/mol. The Kier molecular flexibility index (Phi) is 3.93. The van der Waals surface area contributed by atoms with E-state index in [0.717, 1.165) is 10.4 Å². The van der Waals surface area contributed by atoms with Gasteiger partial charge in [-0.15, -0.1) is 11.3 Å². The summed E-state index contributed by atoms with van der Waals surface area (Å²) in [5, 5.41) is 0.882. The Hall–Kier alpha value is -1.85. The lowest BCUT2D eigenvalue weighted by Crippen LogP contribution is -2.17. The number of ether oxygens (including phenoxy) is 1. The molecule has 1 heterocycles. The lowest BCUT2D eigenvalue weighted by atomic mass is 9.99.